The van der Waals surface area contributed by atoms with Crippen LogP contribution in [0.4, 0.5) is 5.69 Å². The molecule has 5 heteroatoms. The number of carbonyl (C=O) groups is 1. The molecule has 0 bridgehead atoms. The van der Waals surface area contributed by atoms with Gasteiger partial charge in [0.2, 0.25) is 0 Å². The highest BCUT2D eigenvalue weighted by Crippen LogP contribution is 2.23. The number of anilines is 1. The zero-order valence-electron chi connectivity index (χ0n) is 10.8. The van der Waals surface area contributed by atoms with Gasteiger partial charge in [-0.2, -0.15) is 0 Å². The minimum absolute atomic E-state index is 0.0669. The Morgan fingerprint density at radius 2 is 2.05 bits per heavy atom. The van der Waals surface area contributed by atoms with E-state index in [1.165, 1.54) is 0 Å². The smallest absolute Gasteiger partial charge is 0.262 e. The summed E-state index contributed by atoms with van der Waals surface area (Å²) in [7, 11) is 0. The van der Waals surface area contributed by atoms with Gasteiger partial charge in [-0.15, -0.1) is 0 Å². The normalized spacial score (nSPS) is 10.2. The molecule has 1 N–H and O–H groups in total. The first-order chi connectivity index (χ1) is 9.56. The summed E-state index contributed by atoms with van der Waals surface area (Å²) in [5, 5.41) is 3.21. The van der Waals surface area contributed by atoms with E-state index in [1.807, 2.05) is 25.1 Å². The molecule has 0 heterocycles. The Morgan fingerprint density at radius 1 is 1.30 bits per heavy atom. The lowest BCUT2D eigenvalue weighted by molar-refractivity contribution is -0.118. The van der Waals surface area contributed by atoms with Gasteiger partial charge >= 0.3 is 0 Å². The zero-order chi connectivity index (χ0) is 14.5. The number of carbonyl (C=O) groups excluding carboxylic acids is 1. The van der Waals surface area contributed by atoms with Gasteiger partial charge in [0, 0.05) is 4.47 Å². The van der Waals surface area contributed by atoms with Crippen molar-refractivity contribution in [2.45, 2.75) is 6.92 Å². The number of ether oxygens (including phenoxy) is 1. The molecule has 0 aliphatic heterocycles. The first-order valence-electron chi connectivity index (χ1n) is 5.99. The highest BCUT2D eigenvalue weighted by atomic mass is 79.9. The van der Waals surface area contributed by atoms with Crippen molar-refractivity contribution in [1.82, 2.24) is 0 Å². The molecule has 0 atom stereocenters. The van der Waals surface area contributed by atoms with Crippen LogP contribution in [0.1, 0.15) is 5.56 Å². The Labute approximate surface area is 131 Å². The predicted octanol–water partition coefficient (Wildman–Crippen LogP) is 4.43. The van der Waals surface area contributed by atoms with Gasteiger partial charge in [-0.25, -0.2) is 0 Å². The molecule has 104 valence electrons. The number of amides is 1. The number of aryl methyl sites for hydroxylation is 1. The van der Waals surface area contributed by atoms with Gasteiger partial charge in [0.1, 0.15) is 5.75 Å². The minimum Gasteiger partial charge on any atom is -0.483 e. The van der Waals surface area contributed by atoms with E-state index in [0.29, 0.717) is 16.5 Å². The number of benzene rings is 2. The van der Waals surface area contributed by atoms with Crippen molar-refractivity contribution in [1.29, 1.82) is 0 Å². The molecule has 2 rings (SSSR count). The van der Waals surface area contributed by atoms with Crippen molar-refractivity contribution in [3.8, 4) is 5.75 Å². The summed E-state index contributed by atoms with van der Waals surface area (Å²) >= 11 is 9.34. The molecule has 0 aliphatic carbocycles. The molecule has 0 aromatic heterocycles. The first-order valence-corrected chi connectivity index (χ1v) is 7.16. The molecular formula is C15H13BrClNO2. The Bertz CT molecular complexity index is 631. The van der Waals surface area contributed by atoms with Crippen LogP contribution < -0.4 is 10.1 Å². The highest BCUT2D eigenvalue weighted by Gasteiger charge is 2.07. The van der Waals surface area contributed by atoms with Gasteiger partial charge in [0.15, 0.2) is 6.61 Å². The lowest BCUT2D eigenvalue weighted by Gasteiger charge is -2.10. The molecule has 0 saturated carbocycles. The fourth-order valence-electron chi connectivity index (χ4n) is 1.62. The second-order valence-electron chi connectivity index (χ2n) is 4.23. The monoisotopic (exact) mass is 353 g/mol. The van der Waals surface area contributed by atoms with Crippen molar-refractivity contribution < 1.29 is 9.53 Å². The molecule has 2 aromatic rings. The number of nitrogens with one attached hydrogen (secondary N) is 1. The van der Waals surface area contributed by atoms with Crippen LogP contribution >= 0.6 is 27.5 Å². The van der Waals surface area contributed by atoms with Crippen molar-refractivity contribution in [2.75, 3.05) is 11.9 Å². The molecule has 1 amide bonds. The second kappa shape index (κ2) is 6.77. The van der Waals surface area contributed by atoms with E-state index in [9.17, 15) is 4.79 Å². The summed E-state index contributed by atoms with van der Waals surface area (Å²) in [6.45, 7) is 1.86. The van der Waals surface area contributed by atoms with Gasteiger partial charge in [-0.1, -0.05) is 45.7 Å². The lowest BCUT2D eigenvalue weighted by Crippen LogP contribution is -2.20. The fourth-order valence-corrected chi connectivity index (χ4v) is 2.14. The predicted molar refractivity (Wildman–Crippen MR) is 84.5 cm³/mol. The van der Waals surface area contributed by atoms with Crippen LogP contribution in [0.2, 0.25) is 5.02 Å². The maximum absolute atomic E-state index is 11.8. The topological polar surface area (TPSA) is 38.3 Å². The summed E-state index contributed by atoms with van der Waals surface area (Å²) in [4.78, 5) is 11.8. The van der Waals surface area contributed by atoms with Gasteiger partial charge in [0.05, 0.1) is 10.7 Å². The first kappa shape index (κ1) is 14.9. The van der Waals surface area contributed by atoms with Crippen LogP contribution in [-0.2, 0) is 4.79 Å². The van der Waals surface area contributed by atoms with E-state index >= 15 is 0 Å². The largest absolute Gasteiger partial charge is 0.483 e. The average Bonchev–Trinajstić information content (AvgIpc) is 2.42. The summed E-state index contributed by atoms with van der Waals surface area (Å²) in [6.07, 6.45) is 0. The molecule has 0 fully saturated rings. The van der Waals surface area contributed by atoms with Crippen molar-refractivity contribution >= 4 is 39.1 Å². The van der Waals surface area contributed by atoms with Crippen LogP contribution in [0.25, 0.3) is 0 Å². The minimum atomic E-state index is -0.252. The van der Waals surface area contributed by atoms with Crippen molar-refractivity contribution in [3.63, 3.8) is 0 Å². The number of halogens is 2. The Hall–Kier alpha value is -1.52. The van der Waals surface area contributed by atoms with Gasteiger partial charge < -0.3 is 10.1 Å². The van der Waals surface area contributed by atoms with E-state index in [-0.39, 0.29) is 12.5 Å². The summed E-state index contributed by atoms with van der Waals surface area (Å²) in [5.41, 5.74) is 1.55. The molecule has 2 aromatic carbocycles. The molecule has 0 radical (unpaired) electrons. The van der Waals surface area contributed by atoms with Gasteiger partial charge in [0.25, 0.3) is 5.91 Å². The summed E-state index contributed by atoms with van der Waals surface area (Å²) < 4.78 is 6.41. The van der Waals surface area contributed by atoms with Gasteiger partial charge in [-0.3, -0.25) is 4.79 Å². The lowest BCUT2D eigenvalue weighted by atomic mass is 10.2. The van der Waals surface area contributed by atoms with Crippen LogP contribution in [0, 0.1) is 6.92 Å². The number of hydrogen-bond donors (Lipinski definition) is 1. The van der Waals surface area contributed by atoms with E-state index < -0.39 is 0 Å². The maximum atomic E-state index is 11.8. The molecule has 0 saturated heterocycles. The molecule has 0 spiro atoms. The Morgan fingerprint density at radius 3 is 2.80 bits per heavy atom. The van der Waals surface area contributed by atoms with Crippen LogP contribution in [0.3, 0.4) is 0 Å². The Kier molecular flexibility index (Phi) is 5.04. The Balaban J connectivity index is 1.96. The SMILES string of the molecule is Cc1ccc(Br)cc1OCC(=O)Nc1ccccc1Cl. The second-order valence-corrected chi connectivity index (χ2v) is 5.55. The summed E-state index contributed by atoms with van der Waals surface area (Å²) in [5.74, 6) is 0.422. The third-order valence-corrected chi connectivity index (χ3v) is 3.48. The molecular weight excluding hydrogens is 342 g/mol. The molecule has 20 heavy (non-hydrogen) atoms. The van der Waals surface area contributed by atoms with E-state index in [2.05, 4.69) is 21.2 Å². The number of rotatable bonds is 4. The third kappa shape index (κ3) is 3.99. The van der Waals surface area contributed by atoms with Crippen molar-refractivity contribution in [3.05, 3.63) is 57.5 Å². The number of hydrogen-bond acceptors (Lipinski definition) is 2. The van der Waals surface area contributed by atoms with Crippen LogP contribution in [0.15, 0.2) is 46.9 Å². The fraction of sp³-hybridized carbons (Fsp3) is 0.133. The van der Waals surface area contributed by atoms with Crippen LogP contribution in [0.5, 0.6) is 5.75 Å². The zero-order valence-corrected chi connectivity index (χ0v) is 13.2. The summed E-state index contributed by atoms with van der Waals surface area (Å²) in [6, 6.07) is 12.7. The standard InChI is InChI=1S/C15H13BrClNO2/c1-10-6-7-11(16)8-14(10)20-9-15(19)18-13-5-3-2-4-12(13)17/h2-8H,9H2,1H3,(H,18,19). The van der Waals surface area contributed by atoms with E-state index in [0.717, 1.165) is 10.0 Å². The molecule has 3 nitrogen and oxygen atoms in total. The van der Waals surface area contributed by atoms with E-state index in [1.54, 1.807) is 24.3 Å². The number of para-hydroxylation sites is 1. The quantitative estimate of drug-likeness (QED) is 0.882. The van der Waals surface area contributed by atoms with E-state index in [4.69, 9.17) is 16.3 Å². The molecule has 0 aliphatic rings. The highest BCUT2D eigenvalue weighted by molar-refractivity contribution is 9.10. The van der Waals surface area contributed by atoms with Crippen molar-refractivity contribution in [2.24, 2.45) is 0 Å². The average molecular weight is 355 g/mol. The van der Waals surface area contributed by atoms with Gasteiger partial charge in [-0.05, 0) is 36.8 Å². The maximum Gasteiger partial charge on any atom is 0.262 e. The third-order valence-electron chi connectivity index (χ3n) is 2.66. The molecule has 0 unspecified atom stereocenters. The van der Waals surface area contributed by atoms with Crippen LogP contribution in [-0.4, -0.2) is 12.5 Å².